The van der Waals surface area contributed by atoms with E-state index in [1.54, 1.807) is 0 Å². The van der Waals surface area contributed by atoms with Gasteiger partial charge in [0.05, 0.1) is 6.26 Å². The zero-order chi connectivity index (χ0) is 7.12. The van der Waals surface area contributed by atoms with E-state index in [1.807, 2.05) is 4.72 Å². The van der Waals surface area contributed by atoms with Crippen LogP contribution in [0.4, 0.5) is 4.39 Å². The van der Waals surface area contributed by atoms with E-state index in [-0.39, 0.29) is 0 Å². The summed E-state index contributed by atoms with van der Waals surface area (Å²) in [7, 11) is -3.34. The largest absolute Gasteiger partial charge is 0.226 e. The molecule has 1 N–H and O–H groups in total. The van der Waals surface area contributed by atoms with Gasteiger partial charge in [0.2, 0.25) is 10.0 Å². The van der Waals surface area contributed by atoms with Crippen LogP contribution in [0.1, 0.15) is 12.8 Å². The van der Waals surface area contributed by atoms with Crippen LogP contribution in [0, 0.1) is 0 Å². The monoisotopic (exact) mass is 153 g/mol. The Balaban J connectivity index is 2.53. The normalized spacial score (nSPS) is 23.8. The Bertz CT molecular complexity index is 207. The van der Waals surface area contributed by atoms with Gasteiger partial charge in [0.15, 0.2) is 5.79 Å². The number of hydrogen-bond donors (Lipinski definition) is 1. The van der Waals surface area contributed by atoms with Crippen molar-refractivity contribution in [2.24, 2.45) is 0 Å². The highest BCUT2D eigenvalue weighted by Crippen LogP contribution is 2.36. The van der Waals surface area contributed by atoms with Crippen LogP contribution in [0.15, 0.2) is 0 Å². The third kappa shape index (κ3) is 2.28. The standard InChI is InChI=1S/C4H8FNO2S/c1-9(7,8)6-4(5)2-3-4/h6H,2-3H2,1H3. The van der Waals surface area contributed by atoms with Crippen molar-refractivity contribution in [3.05, 3.63) is 0 Å². The van der Waals surface area contributed by atoms with Gasteiger partial charge in [-0.05, 0) is 0 Å². The molecule has 1 aliphatic carbocycles. The Morgan fingerprint density at radius 1 is 1.56 bits per heavy atom. The Morgan fingerprint density at radius 2 is 2.00 bits per heavy atom. The Labute approximate surface area is 53.3 Å². The first kappa shape index (κ1) is 6.95. The molecular weight excluding hydrogens is 145 g/mol. The summed E-state index contributed by atoms with van der Waals surface area (Å²) in [5.41, 5.74) is 0. The van der Waals surface area contributed by atoms with Gasteiger partial charge in [-0.1, -0.05) is 0 Å². The van der Waals surface area contributed by atoms with Gasteiger partial charge in [0, 0.05) is 12.8 Å². The molecule has 9 heavy (non-hydrogen) atoms. The number of alkyl halides is 1. The average Bonchev–Trinajstić information content (AvgIpc) is 2.12. The van der Waals surface area contributed by atoms with E-state index in [0.29, 0.717) is 12.8 Å². The molecule has 1 saturated carbocycles. The molecule has 0 aromatic heterocycles. The fourth-order valence-corrected chi connectivity index (χ4v) is 1.41. The summed E-state index contributed by atoms with van der Waals surface area (Å²) in [6.07, 6.45) is 1.56. The number of sulfonamides is 1. The van der Waals surface area contributed by atoms with Crippen molar-refractivity contribution < 1.29 is 12.8 Å². The first-order valence-electron chi connectivity index (χ1n) is 2.59. The molecular formula is C4H8FNO2S. The lowest BCUT2D eigenvalue weighted by molar-refractivity contribution is 0.290. The highest BCUT2D eigenvalue weighted by Gasteiger charge is 2.45. The molecule has 1 rings (SSSR count). The van der Waals surface area contributed by atoms with Crippen molar-refractivity contribution in [2.45, 2.75) is 18.6 Å². The van der Waals surface area contributed by atoms with Gasteiger partial charge in [-0.25, -0.2) is 12.8 Å². The second-order valence-corrected chi connectivity index (χ2v) is 4.09. The van der Waals surface area contributed by atoms with Crippen LogP contribution in [0.2, 0.25) is 0 Å². The van der Waals surface area contributed by atoms with E-state index in [9.17, 15) is 12.8 Å². The summed E-state index contributed by atoms with van der Waals surface area (Å²) in [4.78, 5) is 0. The molecule has 0 aromatic rings. The lowest BCUT2D eigenvalue weighted by Gasteiger charge is -2.02. The third-order valence-electron chi connectivity index (χ3n) is 1.06. The van der Waals surface area contributed by atoms with Gasteiger partial charge in [0.1, 0.15) is 0 Å². The van der Waals surface area contributed by atoms with Crippen molar-refractivity contribution >= 4 is 10.0 Å². The van der Waals surface area contributed by atoms with Crippen molar-refractivity contribution in [1.29, 1.82) is 0 Å². The SMILES string of the molecule is CS(=O)(=O)NC1(F)CC1. The summed E-state index contributed by atoms with van der Waals surface area (Å²) in [5, 5.41) is 0. The zero-order valence-corrected chi connectivity index (χ0v) is 5.83. The topological polar surface area (TPSA) is 46.2 Å². The van der Waals surface area contributed by atoms with Crippen LogP contribution < -0.4 is 4.72 Å². The molecule has 0 aromatic carbocycles. The molecule has 54 valence electrons. The van der Waals surface area contributed by atoms with Crippen LogP contribution in [0.25, 0.3) is 0 Å². The van der Waals surface area contributed by atoms with Crippen LogP contribution >= 0.6 is 0 Å². The first-order chi connectivity index (χ1) is 3.91. The van der Waals surface area contributed by atoms with Crippen molar-refractivity contribution in [2.75, 3.05) is 6.26 Å². The predicted molar refractivity (Wildman–Crippen MR) is 31.1 cm³/mol. The smallest absolute Gasteiger partial charge is 0.211 e. The Morgan fingerprint density at radius 3 is 2.11 bits per heavy atom. The van der Waals surface area contributed by atoms with Crippen LogP contribution in [-0.2, 0) is 10.0 Å². The molecule has 0 amide bonds. The first-order valence-corrected chi connectivity index (χ1v) is 4.48. The molecule has 3 nitrogen and oxygen atoms in total. The lowest BCUT2D eigenvalue weighted by atomic mass is 10.7. The van der Waals surface area contributed by atoms with Gasteiger partial charge in [-0.3, -0.25) is 0 Å². The fourth-order valence-electron chi connectivity index (χ4n) is 0.544. The number of hydrogen-bond acceptors (Lipinski definition) is 2. The molecule has 0 heterocycles. The summed E-state index contributed by atoms with van der Waals surface area (Å²) in [5.74, 6) is -1.60. The molecule has 1 fully saturated rings. The number of halogens is 1. The van der Waals surface area contributed by atoms with Gasteiger partial charge < -0.3 is 0 Å². The summed E-state index contributed by atoms with van der Waals surface area (Å²) >= 11 is 0. The van der Waals surface area contributed by atoms with E-state index in [0.717, 1.165) is 6.26 Å². The molecule has 0 saturated heterocycles. The van der Waals surface area contributed by atoms with E-state index in [1.165, 1.54) is 0 Å². The Hall–Kier alpha value is -0.160. The second-order valence-electron chi connectivity index (χ2n) is 2.34. The lowest BCUT2D eigenvalue weighted by Crippen LogP contribution is -2.31. The maximum atomic E-state index is 12.5. The minimum atomic E-state index is -3.34. The molecule has 0 aliphatic heterocycles. The number of nitrogens with one attached hydrogen (secondary N) is 1. The second kappa shape index (κ2) is 1.67. The summed E-state index contributed by atoms with van der Waals surface area (Å²) < 4.78 is 35.1. The van der Waals surface area contributed by atoms with Gasteiger partial charge in [0.25, 0.3) is 0 Å². The quantitative estimate of drug-likeness (QED) is 0.567. The van der Waals surface area contributed by atoms with Crippen molar-refractivity contribution in [3.63, 3.8) is 0 Å². The van der Waals surface area contributed by atoms with E-state index in [2.05, 4.69) is 0 Å². The third-order valence-corrected chi connectivity index (χ3v) is 1.79. The van der Waals surface area contributed by atoms with Gasteiger partial charge in [-0.15, -0.1) is 0 Å². The molecule has 1 aliphatic rings. The molecule has 0 bridgehead atoms. The fraction of sp³-hybridized carbons (Fsp3) is 1.00. The van der Waals surface area contributed by atoms with Crippen molar-refractivity contribution in [3.8, 4) is 0 Å². The van der Waals surface area contributed by atoms with E-state index in [4.69, 9.17) is 0 Å². The van der Waals surface area contributed by atoms with E-state index < -0.39 is 15.8 Å². The predicted octanol–water partition coefficient (Wildman–Crippen LogP) is -0.00480. The van der Waals surface area contributed by atoms with E-state index >= 15 is 0 Å². The minimum Gasteiger partial charge on any atom is -0.226 e. The maximum Gasteiger partial charge on any atom is 0.211 e. The molecule has 0 radical (unpaired) electrons. The van der Waals surface area contributed by atoms with Crippen LogP contribution in [0.3, 0.4) is 0 Å². The highest BCUT2D eigenvalue weighted by atomic mass is 32.2. The van der Waals surface area contributed by atoms with Gasteiger partial charge >= 0.3 is 0 Å². The molecule has 5 heteroatoms. The zero-order valence-electron chi connectivity index (χ0n) is 5.02. The van der Waals surface area contributed by atoms with Gasteiger partial charge in [-0.2, -0.15) is 4.72 Å². The minimum absolute atomic E-state index is 0.306. The Kier molecular flexibility index (Phi) is 1.29. The molecule has 0 atom stereocenters. The molecule has 0 unspecified atom stereocenters. The van der Waals surface area contributed by atoms with Crippen molar-refractivity contribution in [1.82, 2.24) is 4.72 Å². The highest BCUT2D eigenvalue weighted by molar-refractivity contribution is 7.88. The van der Waals surface area contributed by atoms with Crippen LogP contribution in [-0.4, -0.2) is 20.5 Å². The average molecular weight is 153 g/mol. The van der Waals surface area contributed by atoms with Crippen LogP contribution in [0.5, 0.6) is 0 Å². The number of rotatable bonds is 2. The summed E-state index contributed by atoms with van der Waals surface area (Å²) in [6, 6.07) is 0. The molecule has 0 spiro atoms. The maximum absolute atomic E-state index is 12.5. The summed E-state index contributed by atoms with van der Waals surface area (Å²) in [6.45, 7) is 0.